The Labute approximate surface area is 148 Å². The summed E-state index contributed by atoms with van der Waals surface area (Å²) >= 11 is 11.9. The van der Waals surface area contributed by atoms with Crippen molar-refractivity contribution in [3.05, 3.63) is 28.2 Å². The summed E-state index contributed by atoms with van der Waals surface area (Å²) in [4.78, 5) is 14.7. The number of carbonyl (C=O) groups is 1. The van der Waals surface area contributed by atoms with Crippen molar-refractivity contribution in [1.82, 2.24) is 10.2 Å². The number of benzene rings is 1. The summed E-state index contributed by atoms with van der Waals surface area (Å²) in [7, 11) is 0. The number of halogens is 2. The summed E-state index contributed by atoms with van der Waals surface area (Å²) < 4.78 is 5.65. The molecule has 6 heteroatoms. The first-order chi connectivity index (χ1) is 11.0. The highest BCUT2D eigenvalue weighted by atomic mass is 35.5. The molecule has 1 atom stereocenters. The van der Waals surface area contributed by atoms with Crippen LogP contribution in [0.4, 0.5) is 0 Å². The Morgan fingerprint density at radius 2 is 2.09 bits per heavy atom. The molecule has 1 aliphatic heterocycles. The molecule has 1 aliphatic rings. The van der Waals surface area contributed by atoms with Gasteiger partial charge in [0.1, 0.15) is 5.75 Å². The van der Waals surface area contributed by atoms with Gasteiger partial charge in [-0.1, -0.05) is 30.1 Å². The molecular weight excluding hydrogens is 335 g/mol. The van der Waals surface area contributed by atoms with Gasteiger partial charge >= 0.3 is 0 Å². The van der Waals surface area contributed by atoms with Gasteiger partial charge in [-0.25, -0.2) is 0 Å². The van der Waals surface area contributed by atoms with E-state index in [0.717, 1.165) is 32.5 Å². The van der Waals surface area contributed by atoms with Crippen LogP contribution in [0.15, 0.2) is 18.2 Å². The van der Waals surface area contributed by atoms with Gasteiger partial charge in [-0.05, 0) is 50.9 Å². The normalized spacial score (nSPS) is 17.7. The van der Waals surface area contributed by atoms with Crippen LogP contribution in [-0.4, -0.2) is 42.6 Å². The molecule has 1 N–H and O–H groups in total. The Balaban J connectivity index is 1.81. The summed E-state index contributed by atoms with van der Waals surface area (Å²) in [5.41, 5.74) is 0. The van der Waals surface area contributed by atoms with Gasteiger partial charge in [0, 0.05) is 24.2 Å². The lowest BCUT2D eigenvalue weighted by Gasteiger charge is -2.32. The molecular formula is C17H24Cl2N2O2. The van der Waals surface area contributed by atoms with Gasteiger partial charge < -0.3 is 15.0 Å². The number of nitrogens with zero attached hydrogens (tertiary/aromatic N) is 1. The second-order valence-electron chi connectivity index (χ2n) is 5.96. The number of rotatable bonds is 6. The maximum Gasteiger partial charge on any atom is 0.260 e. The van der Waals surface area contributed by atoms with E-state index in [1.54, 1.807) is 25.1 Å². The predicted molar refractivity (Wildman–Crippen MR) is 94.4 cm³/mol. The fourth-order valence-corrected chi connectivity index (χ4v) is 3.20. The second-order valence-corrected chi connectivity index (χ2v) is 6.80. The Kier molecular flexibility index (Phi) is 7.00. The van der Waals surface area contributed by atoms with Crippen LogP contribution >= 0.6 is 23.2 Å². The van der Waals surface area contributed by atoms with Crippen molar-refractivity contribution in [2.75, 3.05) is 19.6 Å². The zero-order valence-electron chi connectivity index (χ0n) is 13.6. The topological polar surface area (TPSA) is 41.6 Å². The molecule has 0 radical (unpaired) electrons. The monoisotopic (exact) mass is 358 g/mol. The molecule has 0 saturated carbocycles. The number of amides is 1. The number of piperidine rings is 1. The van der Waals surface area contributed by atoms with Gasteiger partial charge in [-0.15, -0.1) is 0 Å². The lowest BCUT2D eigenvalue weighted by atomic mass is 10.0. The van der Waals surface area contributed by atoms with Gasteiger partial charge in [0.25, 0.3) is 5.91 Å². The molecule has 0 unspecified atom stereocenters. The van der Waals surface area contributed by atoms with Gasteiger partial charge in [0.15, 0.2) is 6.10 Å². The van der Waals surface area contributed by atoms with Gasteiger partial charge in [0.2, 0.25) is 0 Å². The minimum atomic E-state index is -0.595. The number of ether oxygens (including phenoxy) is 1. The van der Waals surface area contributed by atoms with Crippen LogP contribution in [0.3, 0.4) is 0 Å². The van der Waals surface area contributed by atoms with Crippen molar-refractivity contribution < 1.29 is 9.53 Å². The number of hydrogen-bond donors (Lipinski definition) is 1. The standard InChI is InChI=1S/C17H24Cl2N2O2/c1-3-8-21-9-6-14(7-10-21)20-17(22)12(2)23-16-5-4-13(18)11-15(16)19/h4-5,11-12,14H,3,6-10H2,1-2H3,(H,20,22)/t12-/m1/s1. The molecule has 1 aromatic carbocycles. The van der Waals surface area contributed by atoms with Crippen LogP contribution < -0.4 is 10.1 Å². The Hall–Kier alpha value is -0.970. The van der Waals surface area contributed by atoms with E-state index in [4.69, 9.17) is 27.9 Å². The molecule has 1 fully saturated rings. The van der Waals surface area contributed by atoms with E-state index in [1.807, 2.05) is 0 Å². The highest BCUT2D eigenvalue weighted by Gasteiger charge is 2.23. The van der Waals surface area contributed by atoms with E-state index in [9.17, 15) is 4.79 Å². The summed E-state index contributed by atoms with van der Waals surface area (Å²) in [5.74, 6) is 0.362. The molecule has 1 heterocycles. The fraction of sp³-hybridized carbons (Fsp3) is 0.588. The van der Waals surface area contributed by atoms with E-state index in [2.05, 4.69) is 17.1 Å². The van der Waals surface area contributed by atoms with E-state index in [0.29, 0.717) is 15.8 Å². The molecule has 1 aromatic rings. The number of carbonyl (C=O) groups excluding carboxylic acids is 1. The zero-order valence-corrected chi connectivity index (χ0v) is 15.2. The van der Waals surface area contributed by atoms with Crippen molar-refractivity contribution >= 4 is 29.1 Å². The molecule has 128 valence electrons. The maximum atomic E-state index is 12.3. The molecule has 4 nitrogen and oxygen atoms in total. The third-order valence-electron chi connectivity index (χ3n) is 4.04. The first kappa shape index (κ1) is 18.4. The Morgan fingerprint density at radius 3 is 2.70 bits per heavy atom. The first-order valence-electron chi connectivity index (χ1n) is 8.14. The Morgan fingerprint density at radius 1 is 1.39 bits per heavy atom. The average molecular weight is 359 g/mol. The highest BCUT2D eigenvalue weighted by Crippen LogP contribution is 2.28. The fourth-order valence-electron chi connectivity index (χ4n) is 2.75. The third kappa shape index (κ3) is 5.55. The molecule has 23 heavy (non-hydrogen) atoms. The molecule has 0 aliphatic carbocycles. The van der Waals surface area contributed by atoms with Crippen LogP contribution in [-0.2, 0) is 4.79 Å². The van der Waals surface area contributed by atoms with Gasteiger partial charge in [-0.3, -0.25) is 4.79 Å². The highest BCUT2D eigenvalue weighted by molar-refractivity contribution is 6.35. The van der Waals surface area contributed by atoms with Gasteiger partial charge in [0.05, 0.1) is 5.02 Å². The van der Waals surface area contributed by atoms with Crippen LogP contribution in [0.2, 0.25) is 10.0 Å². The quantitative estimate of drug-likeness (QED) is 0.841. The summed E-state index contributed by atoms with van der Waals surface area (Å²) in [5, 5.41) is 4.02. The molecule has 0 bridgehead atoms. The van der Waals surface area contributed by atoms with E-state index >= 15 is 0 Å². The van der Waals surface area contributed by atoms with Crippen molar-refractivity contribution in [3.8, 4) is 5.75 Å². The van der Waals surface area contributed by atoms with Crippen molar-refractivity contribution in [1.29, 1.82) is 0 Å². The lowest BCUT2D eigenvalue weighted by molar-refractivity contribution is -0.128. The number of nitrogens with one attached hydrogen (secondary N) is 1. The summed E-state index contributed by atoms with van der Waals surface area (Å²) in [6.07, 6.45) is 2.55. The Bertz CT molecular complexity index is 531. The minimum absolute atomic E-state index is 0.107. The minimum Gasteiger partial charge on any atom is -0.479 e. The number of likely N-dealkylation sites (tertiary alicyclic amines) is 1. The van der Waals surface area contributed by atoms with Crippen LogP contribution in [0.5, 0.6) is 5.75 Å². The average Bonchev–Trinajstić information content (AvgIpc) is 2.52. The van der Waals surface area contributed by atoms with E-state index in [1.165, 1.54) is 6.42 Å². The van der Waals surface area contributed by atoms with Crippen molar-refractivity contribution in [3.63, 3.8) is 0 Å². The second kappa shape index (κ2) is 8.76. The SMILES string of the molecule is CCCN1CCC(NC(=O)[C@@H](C)Oc2ccc(Cl)cc2Cl)CC1. The van der Waals surface area contributed by atoms with Crippen molar-refractivity contribution in [2.24, 2.45) is 0 Å². The maximum absolute atomic E-state index is 12.3. The molecule has 2 rings (SSSR count). The smallest absolute Gasteiger partial charge is 0.260 e. The van der Waals surface area contributed by atoms with Crippen LogP contribution in [0.1, 0.15) is 33.1 Å². The third-order valence-corrected chi connectivity index (χ3v) is 4.57. The van der Waals surface area contributed by atoms with E-state index in [-0.39, 0.29) is 11.9 Å². The van der Waals surface area contributed by atoms with E-state index < -0.39 is 6.10 Å². The summed E-state index contributed by atoms with van der Waals surface area (Å²) in [6, 6.07) is 5.20. The van der Waals surface area contributed by atoms with Crippen molar-refractivity contribution in [2.45, 2.75) is 45.3 Å². The largest absolute Gasteiger partial charge is 0.479 e. The van der Waals surface area contributed by atoms with Crippen LogP contribution in [0.25, 0.3) is 0 Å². The van der Waals surface area contributed by atoms with Crippen LogP contribution in [0, 0.1) is 0 Å². The zero-order chi connectivity index (χ0) is 16.8. The molecule has 0 spiro atoms. The molecule has 1 saturated heterocycles. The van der Waals surface area contributed by atoms with Gasteiger partial charge in [-0.2, -0.15) is 0 Å². The first-order valence-corrected chi connectivity index (χ1v) is 8.89. The summed E-state index contributed by atoms with van der Waals surface area (Å²) in [6.45, 7) is 7.13. The molecule has 0 aromatic heterocycles. The number of hydrogen-bond acceptors (Lipinski definition) is 3. The lowest BCUT2D eigenvalue weighted by Crippen LogP contribution is -2.48. The molecule has 1 amide bonds. The predicted octanol–water partition coefficient (Wildman–Crippen LogP) is 3.75.